The molecule has 1 aromatic carbocycles. The van der Waals surface area contributed by atoms with Gasteiger partial charge in [0, 0.05) is 11.4 Å². The molecule has 0 aliphatic carbocycles. The Hall–Kier alpha value is -2.28. The monoisotopic (exact) mass is 328 g/mol. The van der Waals surface area contributed by atoms with E-state index < -0.39 is 0 Å². The summed E-state index contributed by atoms with van der Waals surface area (Å²) >= 11 is 1.57. The zero-order valence-electron chi connectivity index (χ0n) is 13.7. The maximum Gasteiger partial charge on any atom is 0.271 e. The number of aromatic nitrogens is 5. The molecule has 0 aliphatic heterocycles. The highest BCUT2D eigenvalue weighted by Gasteiger charge is 2.15. The average Bonchev–Trinajstić information content (AvgIpc) is 3.02. The molecule has 0 fully saturated rings. The second-order valence-electron chi connectivity index (χ2n) is 5.71. The molecule has 0 radical (unpaired) electrons. The van der Waals surface area contributed by atoms with E-state index in [2.05, 4.69) is 47.3 Å². The number of nitrogens with two attached hydrogens (primary N) is 1. The third-order valence-corrected chi connectivity index (χ3v) is 4.70. The Morgan fingerprint density at radius 2 is 1.87 bits per heavy atom. The highest BCUT2D eigenvalue weighted by Crippen LogP contribution is 2.24. The second-order valence-corrected chi connectivity index (χ2v) is 6.65. The van der Waals surface area contributed by atoms with Crippen LogP contribution in [0.4, 0.5) is 0 Å². The van der Waals surface area contributed by atoms with Crippen molar-refractivity contribution in [2.75, 3.05) is 5.84 Å². The molecule has 0 spiro atoms. The molecule has 3 aromatic rings. The zero-order chi connectivity index (χ0) is 16.6. The molecule has 3 rings (SSSR count). The first-order valence-electron chi connectivity index (χ1n) is 7.39. The lowest BCUT2D eigenvalue weighted by Crippen LogP contribution is -2.17. The van der Waals surface area contributed by atoms with Gasteiger partial charge in [0.25, 0.3) is 5.95 Å². The standard InChI is InChI=1S/C16H20N6S/c1-10-5-6-11(2)14(7-10)9-23-16-19-18-15(21(16)17)22-13(4)8-12(3)20-22/h5-8H,9,17H2,1-4H3. The minimum absolute atomic E-state index is 0.527. The van der Waals surface area contributed by atoms with Crippen molar-refractivity contribution in [2.45, 2.75) is 38.6 Å². The van der Waals surface area contributed by atoms with Crippen LogP contribution in [0.15, 0.2) is 29.4 Å². The number of hydrogen-bond acceptors (Lipinski definition) is 5. The van der Waals surface area contributed by atoms with Gasteiger partial charge in [0.1, 0.15) is 0 Å². The van der Waals surface area contributed by atoms with Gasteiger partial charge in [0.05, 0.1) is 5.69 Å². The fourth-order valence-corrected chi connectivity index (χ4v) is 3.36. The Kier molecular flexibility index (Phi) is 4.12. The number of nitrogen functional groups attached to an aromatic ring is 1. The molecule has 120 valence electrons. The van der Waals surface area contributed by atoms with Crippen LogP contribution in [0, 0.1) is 27.7 Å². The Bertz CT molecular complexity index is 848. The van der Waals surface area contributed by atoms with E-state index in [9.17, 15) is 0 Å². The van der Waals surface area contributed by atoms with Crippen molar-refractivity contribution in [1.82, 2.24) is 24.7 Å². The molecule has 2 heterocycles. The van der Waals surface area contributed by atoms with Crippen LogP contribution in [0.1, 0.15) is 28.1 Å². The van der Waals surface area contributed by atoms with E-state index in [1.54, 1.807) is 16.4 Å². The van der Waals surface area contributed by atoms with E-state index in [1.165, 1.54) is 21.4 Å². The van der Waals surface area contributed by atoms with Crippen molar-refractivity contribution in [3.8, 4) is 5.95 Å². The molecule has 23 heavy (non-hydrogen) atoms. The molecule has 7 heteroatoms. The van der Waals surface area contributed by atoms with E-state index in [0.717, 1.165) is 17.1 Å². The molecule has 2 N–H and O–H groups in total. The van der Waals surface area contributed by atoms with Gasteiger partial charge < -0.3 is 5.84 Å². The largest absolute Gasteiger partial charge is 0.334 e. The molecular formula is C16H20N6S. The van der Waals surface area contributed by atoms with Gasteiger partial charge in [-0.15, -0.1) is 10.2 Å². The normalized spacial score (nSPS) is 11.1. The summed E-state index contributed by atoms with van der Waals surface area (Å²) in [5, 5.41) is 13.5. The molecule has 0 saturated carbocycles. The summed E-state index contributed by atoms with van der Waals surface area (Å²) in [6, 6.07) is 8.44. The second kappa shape index (κ2) is 6.08. The highest BCUT2D eigenvalue weighted by atomic mass is 32.2. The van der Waals surface area contributed by atoms with Crippen LogP contribution in [-0.2, 0) is 5.75 Å². The molecule has 0 bridgehead atoms. The van der Waals surface area contributed by atoms with Crippen LogP contribution < -0.4 is 5.84 Å². The summed E-state index contributed by atoms with van der Waals surface area (Å²) in [6.45, 7) is 8.12. The molecule has 0 amide bonds. The Labute approximate surface area is 139 Å². The lowest BCUT2D eigenvalue weighted by Gasteiger charge is -2.07. The number of thioether (sulfide) groups is 1. The first kappa shape index (κ1) is 15.6. The Morgan fingerprint density at radius 1 is 1.09 bits per heavy atom. The van der Waals surface area contributed by atoms with Gasteiger partial charge in [-0.2, -0.15) is 5.10 Å². The molecule has 0 atom stereocenters. The van der Waals surface area contributed by atoms with Crippen molar-refractivity contribution in [1.29, 1.82) is 0 Å². The van der Waals surface area contributed by atoms with Crippen LogP contribution >= 0.6 is 11.8 Å². The van der Waals surface area contributed by atoms with Crippen LogP contribution in [0.5, 0.6) is 0 Å². The predicted octanol–water partition coefficient (Wildman–Crippen LogP) is 2.70. The Morgan fingerprint density at radius 3 is 2.57 bits per heavy atom. The molecule has 0 unspecified atom stereocenters. The van der Waals surface area contributed by atoms with Crippen molar-refractivity contribution in [3.05, 3.63) is 52.3 Å². The van der Waals surface area contributed by atoms with Crippen molar-refractivity contribution in [3.63, 3.8) is 0 Å². The average molecular weight is 328 g/mol. The number of benzene rings is 1. The lowest BCUT2D eigenvalue weighted by molar-refractivity contribution is 0.727. The van der Waals surface area contributed by atoms with Crippen molar-refractivity contribution in [2.24, 2.45) is 0 Å². The van der Waals surface area contributed by atoms with Crippen LogP contribution in [-0.4, -0.2) is 24.7 Å². The molecular weight excluding hydrogens is 308 g/mol. The van der Waals surface area contributed by atoms with Gasteiger partial charge in [0.2, 0.25) is 5.16 Å². The lowest BCUT2D eigenvalue weighted by atomic mass is 10.1. The van der Waals surface area contributed by atoms with Gasteiger partial charge >= 0.3 is 0 Å². The predicted molar refractivity (Wildman–Crippen MR) is 92.2 cm³/mol. The number of rotatable bonds is 4. The number of nitrogens with zero attached hydrogens (tertiary/aromatic N) is 5. The van der Waals surface area contributed by atoms with Gasteiger partial charge in [-0.05, 0) is 44.9 Å². The third-order valence-electron chi connectivity index (χ3n) is 3.71. The van der Waals surface area contributed by atoms with Gasteiger partial charge in [-0.1, -0.05) is 35.5 Å². The maximum absolute atomic E-state index is 6.16. The van der Waals surface area contributed by atoms with Crippen molar-refractivity contribution < 1.29 is 0 Å². The topological polar surface area (TPSA) is 74.5 Å². The third kappa shape index (κ3) is 3.10. The van der Waals surface area contributed by atoms with E-state index in [4.69, 9.17) is 5.84 Å². The first-order chi connectivity index (χ1) is 11.0. The van der Waals surface area contributed by atoms with E-state index in [0.29, 0.717) is 11.1 Å². The summed E-state index contributed by atoms with van der Waals surface area (Å²) in [7, 11) is 0. The summed E-state index contributed by atoms with van der Waals surface area (Å²) in [4.78, 5) is 0. The summed E-state index contributed by atoms with van der Waals surface area (Å²) in [5.74, 6) is 7.49. The Balaban J connectivity index is 1.82. The number of hydrogen-bond donors (Lipinski definition) is 1. The van der Waals surface area contributed by atoms with Gasteiger partial charge in [-0.3, -0.25) is 0 Å². The van der Waals surface area contributed by atoms with E-state index in [-0.39, 0.29) is 0 Å². The van der Waals surface area contributed by atoms with Crippen LogP contribution in [0.25, 0.3) is 5.95 Å². The zero-order valence-corrected chi connectivity index (χ0v) is 14.6. The summed E-state index contributed by atoms with van der Waals surface area (Å²) in [6.07, 6.45) is 0. The van der Waals surface area contributed by atoms with Crippen LogP contribution in [0.3, 0.4) is 0 Å². The van der Waals surface area contributed by atoms with Gasteiger partial charge in [-0.25, -0.2) is 9.36 Å². The first-order valence-corrected chi connectivity index (χ1v) is 8.37. The van der Waals surface area contributed by atoms with E-state index >= 15 is 0 Å². The molecule has 0 aliphatic rings. The highest BCUT2D eigenvalue weighted by molar-refractivity contribution is 7.98. The summed E-state index contributed by atoms with van der Waals surface area (Å²) in [5.41, 5.74) is 5.71. The SMILES string of the molecule is Cc1ccc(C)c(CSc2nnc(-n3nc(C)cc3C)n2N)c1. The smallest absolute Gasteiger partial charge is 0.271 e. The minimum atomic E-state index is 0.527. The molecule has 2 aromatic heterocycles. The van der Waals surface area contributed by atoms with Gasteiger partial charge in [0.15, 0.2) is 0 Å². The maximum atomic E-state index is 6.16. The quantitative estimate of drug-likeness (QED) is 0.589. The summed E-state index contributed by atoms with van der Waals surface area (Å²) < 4.78 is 3.21. The van der Waals surface area contributed by atoms with Crippen molar-refractivity contribution >= 4 is 11.8 Å². The minimum Gasteiger partial charge on any atom is -0.334 e. The van der Waals surface area contributed by atoms with E-state index in [1.807, 2.05) is 19.9 Å². The number of aryl methyl sites for hydroxylation is 4. The molecule has 6 nitrogen and oxygen atoms in total. The fraction of sp³-hybridized carbons (Fsp3) is 0.312. The van der Waals surface area contributed by atoms with Crippen LogP contribution in [0.2, 0.25) is 0 Å². The fourth-order valence-electron chi connectivity index (χ4n) is 2.44. The molecule has 0 saturated heterocycles.